The number of carboxylic acid groups (broad SMARTS) is 1. The van der Waals surface area contributed by atoms with Gasteiger partial charge >= 0.3 is 35.9 Å². The standard InChI is InChI=1S/C11H13ClN2O.C10H7Cl2NO.C9H4BrCl2N.C9H5BrClNO.C9H5Cl2NO.C9H6ClNO.C8H6Cl2O.C8H8ClNO.C8H7ClO2.C5H13NO2.2CH4.BHNS.Cl3OP.Cl2OS.H3N.H2O/c1-8-4-5-9(12)6-10(8)11(15)13-7-14(2)3;1-14-9-5-13-10(12)8-4-6(11)2-3-7(8)9;10-8-4-13-9(12)7-3-5(11)1-2-6(7)8;10-8-4-12-9(13)7-3-5(11)1-2-6(7)8;10-5-1-2-6-7(3-5)9(11)12-4-8(6)13;10-7-2-1-6-3-4-11-9(12)8(6)5-7;3*1-5-2-3-6(9)4-7(5)8(10)11;1-6(2)5(7-3)8-4;;;1-2-3;1-5(2,3)4;1-4(2)3;;/h4-7H,1-3H3;2-5H,1H3;1-4H;1-4H,(H,12,13);1-4,13H;1-5H,(H,11,12);2-4H,1H3;2-4H,1H3,(H2,10,11);2-4H,1H3,(H,10,11);5H,1-4H3;2*1H4;3H;;;1H3;1H2. The topological polar surface area (TPSA) is 399 Å². The molecule has 0 aliphatic carbocycles. The zero-order valence-corrected chi connectivity index (χ0v) is 91.3. The molecule has 14 aromatic rings. The molecule has 0 spiro atoms. The Morgan fingerprint density at radius 1 is 0.518 bits per heavy atom. The van der Waals surface area contributed by atoms with Crippen LogP contribution in [0.4, 0.5) is 0 Å². The Morgan fingerprint density at radius 2 is 0.847 bits per heavy atom. The van der Waals surface area contributed by atoms with Crippen molar-refractivity contribution in [3.8, 4) is 11.5 Å². The molecule has 25 nitrogen and oxygen atoms in total. The summed E-state index contributed by atoms with van der Waals surface area (Å²) < 4.78 is 38.0. The first-order chi connectivity index (χ1) is 62.2. The number of carbonyl (C=O) groups is 4. The van der Waals surface area contributed by atoms with Crippen LogP contribution < -0.4 is 27.7 Å². The number of amides is 2. The molecule has 0 unspecified atom stereocenters. The monoisotopic (exact) mass is 2420 g/mol. The van der Waals surface area contributed by atoms with Crippen LogP contribution in [0, 0.1) is 27.7 Å². The molecule has 0 saturated carbocycles. The molecule has 11 N–H and O–H groups in total. The second-order valence-electron chi connectivity index (χ2n) is 25.9. The van der Waals surface area contributed by atoms with Gasteiger partial charge in [0.15, 0.2) is 0 Å². The number of nitrogens with zero attached hydrogens (tertiary/aromatic N) is 7. The SMILES string of the molecule is C.C.COC(OC)N(C)C.COc1cnc(Cl)c2cc(Cl)ccc12.Cc1ccc(Cl)cc1C(=O)Cl.Cc1ccc(Cl)cc1C(=O)N=CN(C)C.Cc1ccc(Cl)cc1C(=O)O.Cc1ccc(Cl)cc1C(N)=O.Clc1ccc2c(Br)cnc(Cl)c2c1.N.O.O=P(Cl)(Cl)Cl.O=S(Cl)Cl.O=c1[nH]cc(Br)c2ccc(Cl)cc12.O=c1[nH]ccc2ccc(Cl)cc12.Oc1cnc(Cl)c2cc(Cl)ccc12.[B]=NS. The number of aromatic hydroxyl groups is 1. The number of hydrogen-bond donors (Lipinski definition) is 7. The fourth-order valence-corrected chi connectivity index (χ4v) is 13.3. The molecule has 0 aliphatic rings. The average Bonchev–Trinajstić information content (AvgIpc) is 0.881. The molecule has 5 aromatic heterocycles. The number of aromatic nitrogens is 5. The third kappa shape index (κ3) is 50.9. The van der Waals surface area contributed by atoms with Gasteiger partial charge in [0.1, 0.15) is 27.0 Å². The van der Waals surface area contributed by atoms with Crippen molar-refractivity contribution < 1.29 is 57.9 Å². The van der Waals surface area contributed by atoms with Crippen LogP contribution in [0.25, 0.3) is 53.9 Å². The van der Waals surface area contributed by atoms with Crippen LogP contribution in [-0.4, -0.2) is 148 Å². The number of carbonyl (C=O) groups excluding carboxylic acids is 3. The van der Waals surface area contributed by atoms with E-state index in [1.54, 1.807) is 185 Å². The Balaban J connectivity index is -0.00000144. The molecule has 0 atom stereocenters. The molecule has 137 heavy (non-hydrogen) atoms. The van der Waals surface area contributed by atoms with Crippen molar-refractivity contribution in [2.24, 2.45) is 15.0 Å². The third-order valence-electron chi connectivity index (χ3n) is 16.0. The van der Waals surface area contributed by atoms with E-state index >= 15 is 0 Å². The van der Waals surface area contributed by atoms with E-state index < -0.39 is 31.5 Å². The number of carboxylic acids is 1. The molecule has 14 rings (SSSR count). The van der Waals surface area contributed by atoms with Crippen LogP contribution in [0.1, 0.15) is 78.5 Å². The second-order valence-corrected chi connectivity index (χ2v) is 42.4. The summed E-state index contributed by atoms with van der Waals surface area (Å²) in [5.74, 6) is -0.851. The number of methoxy groups -OCH3 is 3. The Kier molecular flexibility index (Phi) is 68.3. The van der Waals surface area contributed by atoms with Crippen molar-refractivity contribution in [3.63, 3.8) is 0 Å². The summed E-state index contributed by atoms with van der Waals surface area (Å²) >= 11 is 98.4. The van der Waals surface area contributed by atoms with E-state index in [0.29, 0.717) is 105 Å². The quantitative estimate of drug-likeness (QED) is 0.0103. The maximum absolute atomic E-state index is 11.6. The van der Waals surface area contributed by atoms with Gasteiger partial charge in [-0.2, -0.15) is 4.99 Å². The van der Waals surface area contributed by atoms with Gasteiger partial charge in [-0.25, -0.2) is 24.0 Å². The Bertz CT molecular complexity index is 6330. The minimum atomic E-state index is -3.22. The van der Waals surface area contributed by atoms with Gasteiger partial charge < -0.3 is 56.7 Å². The average molecular weight is 2430 g/mol. The second kappa shape index (κ2) is 69.5. The van der Waals surface area contributed by atoms with E-state index in [4.69, 9.17) is 180 Å². The number of aliphatic imine (C=N–C) groups is 1. The number of primary amides is 1. The van der Waals surface area contributed by atoms with Gasteiger partial charge in [-0.05, 0) is 274 Å². The van der Waals surface area contributed by atoms with Crippen LogP contribution in [0.3, 0.4) is 0 Å². The summed E-state index contributed by atoms with van der Waals surface area (Å²) in [6.07, 6.45) is 9.10. The molecule has 0 fully saturated rings. The van der Waals surface area contributed by atoms with Crippen molar-refractivity contribution >= 4 is 356 Å². The van der Waals surface area contributed by atoms with Gasteiger partial charge in [0.05, 0.1) is 31.4 Å². The van der Waals surface area contributed by atoms with Gasteiger partial charge in [0, 0.05) is 188 Å². The Hall–Kier alpha value is -6.45. The first-order valence-electron chi connectivity index (χ1n) is 36.3. The summed E-state index contributed by atoms with van der Waals surface area (Å²) in [6, 6.07) is 48.5. The number of H-pyrrole nitrogens is 2. The van der Waals surface area contributed by atoms with Gasteiger partial charge in [-0.15, -0.1) is 0 Å². The van der Waals surface area contributed by atoms with Crippen LogP contribution in [0.15, 0.2) is 229 Å². The van der Waals surface area contributed by atoms with Crippen LogP contribution in [0.2, 0.25) is 60.7 Å². The number of pyridine rings is 5. The van der Waals surface area contributed by atoms with Gasteiger partial charge in [-0.3, -0.25) is 33.4 Å². The zero-order chi connectivity index (χ0) is 101. The van der Waals surface area contributed by atoms with Crippen molar-refractivity contribution in [2.45, 2.75) is 49.0 Å². The minimum absolute atomic E-state index is 0. The predicted octanol–water partition coefficient (Wildman–Crippen LogP) is 30.5. The number of benzene rings is 9. The Labute approximate surface area is 905 Å². The molecule has 739 valence electrons. The van der Waals surface area contributed by atoms with E-state index in [1.165, 1.54) is 18.6 Å². The molecule has 0 aliphatic heterocycles. The van der Waals surface area contributed by atoms with Gasteiger partial charge in [0.25, 0.3) is 22.3 Å². The number of aryl methyl sites for hydroxylation is 4. The third-order valence-corrected chi connectivity index (χ3v) is 20.5. The summed E-state index contributed by atoms with van der Waals surface area (Å²) in [5, 5.41) is 28.6. The summed E-state index contributed by atoms with van der Waals surface area (Å²) in [4.78, 5) is 90.5. The predicted molar refractivity (Wildman–Crippen MR) is 591 cm³/mol. The fraction of sp³-hybridized carbons (Fsp3) is 0.159. The van der Waals surface area contributed by atoms with Crippen LogP contribution >= 0.6 is 256 Å². The van der Waals surface area contributed by atoms with Crippen molar-refractivity contribution in [1.29, 1.82) is 0 Å². The molecule has 0 bridgehead atoms. The number of thiol groups is 1. The van der Waals surface area contributed by atoms with Crippen molar-refractivity contribution in [1.82, 2.24) is 40.9 Å². The Morgan fingerprint density at radius 3 is 1.23 bits per heavy atom. The maximum atomic E-state index is 11.6. The number of nitrogens with two attached hydrogens (primary N) is 1. The van der Waals surface area contributed by atoms with E-state index in [9.17, 15) is 38.4 Å². The molecular formula is C88H88BBr2Cl18N11O14PS2. The van der Waals surface area contributed by atoms with E-state index in [2.05, 4.69) is 142 Å². The van der Waals surface area contributed by atoms with E-state index in [-0.39, 0.29) is 61.2 Å². The summed E-state index contributed by atoms with van der Waals surface area (Å²) in [6.45, 7) is 7.22. The molecule has 5 heterocycles. The molecule has 1 radical (unpaired) electrons. The summed E-state index contributed by atoms with van der Waals surface area (Å²) in [5.41, 5.74) is 9.91. The zero-order valence-electron chi connectivity index (χ0n) is 71.9. The summed E-state index contributed by atoms with van der Waals surface area (Å²) in [7, 11) is 23.9. The number of ether oxygens (including phenoxy) is 3. The molecule has 2 amide bonds. The number of hydrogen-bond acceptors (Lipinski definition) is 19. The van der Waals surface area contributed by atoms with E-state index in [0.717, 1.165) is 63.5 Å². The first-order valence-corrected chi connectivity index (χ1v) is 50.4. The van der Waals surface area contributed by atoms with Crippen molar-refractivity contribution in [2.75, 3.05) is 49.5 Å². The number of fused-ring (bicyclic) bond motifs is 5. The van der Waals surface area contributed by atoms with Crippen molar-refractivity contribution in [3.05, 3.63) is 336 Å². The number of nitrogens with one attached hydrogen (secondary N) is 2. The number of rotatable bonds is 9. The van der Waals surface area contributed by atoms with Gasteiger partial charge in [0.2, 0.25) is 21.5 Å². The van der Waals surface area contributed by atoms with Gasteiger partial charge in [-0.1, -0.05) is 197 Å². The normalized spacial score (nSPS) is 9.94. The molecule has 49 heteroatoms. The molecular weight excluding hydrogens is 2340 g/mol. The number of aromatic amines is 2. The van der Waals surface area contributed by atoms with Crippen LogP contribution in [0.5, 0.6) is 11.5 Å². The molecule has 0 saturated heterocycles. The fourth-order valence-electron chi connectivity index (χ4n) is 10.1. The number of halogens is 20. The van der Waals surface area contributed by atoms with Crippen LogP contribution in [-0.2, 0) is 23.3 Å². The van der Waals surface area contributed by atoms with E-state index in [1.807, 2.05) is 90.3 Å². The first kappa shape index (κ1) is 135. The molecule has 9 aromatic carbocycles. The number of aromatic carboxylic acids is 1.